The Morgan fingerprint density at radius 3 is 2.55 bits per heavy atom. The Bertz CT molecular complexity index is 721. The van der Waals surface area contributed by atoms with E-state index in [1.54, 1.807) is 24.3 Å². The van der Waals surface area contributed by atoms with Gasteiger partial charge in [-0.25, -0.2) is 0 Å². The zero-order valence-corrected chi connectivity index (χ0v) is 11.6. The first-order valence-electron chi connectivity index (χ1n) is 6.15. The van der Waals surface area contributed by atoms with Crippen molar-refractivity contribution >= 4 is 11.6 Å². The highest BCUT2D eigenvalue weighted by Gasteiger charge is 2.20. The number of aromatic amines is 1. The standard InChI is InChI=1S/C14H15N5O/c1-14(2,3)11-12(20)17-13(19-18-11)16-10-7-5-4-6-9(10)8-15/h4-7H,1-3H3,(H2,16,17,19,20). The molecule has 1 heterocycles. The van der Waals surface area contributed by atoms with Crippen LogP contribution in [0.5, 0.6) is 0 Å². The van der Waals surface area contributed by atoms with Crippen molar-refractivity contribution in [1.82, 2.24) is 15.2 Å². The van der Waals surface area contributed by atoms with Gasteiger partial charge in [-0.1, -0.05) is 32.9 Å². The number of benzene rings is 1. The molecule has 0 saturated heterocycles. The zero-order chi connectivity index (χ0) is 14.8. The molecule has 0 spiro atoms. The Hall–Kier alpha value is -2.68. The molecule has 20 heavy (non-hydrogen) atoms. The van der Waals surface area contributed by atoms with Crippen LogP contribution >= 0.6 is 0 Å². The minimum atomic E-state index is -0.371. The normalized spacial score (nSPS) is 10.9. The summed E-state index contributed by atoms with van der Waals surface area (Å²) in [4.78, 5) is 14.6. The lowest BCUT2D eigenvalue weighted by molar-refractivity contribution is 0.547. The van der Waals surface area contributed by atoms with Gasteiger partial charge >= 0.3 is 0 Å². The first-order valence-corrected chi connectivity index (χ1v) is 6.15. The quantitative estimate of drug-likeness (QED) is 0.870. The lowest BCUT2D eigenvalue weighted by Crippen LogP contribution is -2.28. The van der Waals surface area contributed by atoms with Crippen molar-refractivity contribution in [2.24, 2.45) is 0 Å². The summed E-state index contributed by atoms with van der Waals surface area (Å²) in [5.74, 6) is 0.214. The predicted octanol–water partition coefficient (Wildman–Crippen LogP) is 2.08. The highest BCUT2D eigenvalue weighted by Crippen LogP contribution is 2.18. The number of nitrogens with one attached hydrogen (secondary N) is 2. The minimum absolute atomic E-state index is 0.214. The minimum Gasteiger partial charge on any atom is -0.323 e. The van der Waals surface area contributed by atoms with Crippen LogP contribution in [0.25, 0.3) is 0 Å². The molecule has 0 amide bonds. The summed E-state index contributed by atoms with van der Waals surface area (Å²) < 4.78 is 0. The first kappa shape index (κ1) is 13.7. The van der Waals surface area contributed by atoms with Gasteiger partial charge in [0.2, 0.25) is 5.95 Å². The molecule has 0 aliphatic heterocycles. The second-order valence-electron chi connectivity index (χ2n) is 5.38. The van der Waals surface area contributed by atoms with Crippen molar-refractivity contribution in [3.8, 4) is 6.07 Å². The molecule has 6 heteroatoms. The van der Waals surface area contributed by atoms with E-state index in [2.05, 4.69) is 26.6 Å². The van der Waals surface area contributed by atoms with E-state index in [4.69, 9.17) is 5.26 Å². The maximum absolute atomic E-state index is 12.0. The lowest BCUT2D eigenvalue weighted by atomic mass is 9.93. The topological polar surface area (TPSA) is 94.5 Å². The van der Waals surface area contributed by atoms with Gasteiger partial charge in [-0.05, 0) is 12.1 Å². The van der Waals surface area contributed by atoms with Crippen LogP contribution in [0.2, 0.25) is 0 Å². The number of hydrogen-bond acceptors (Lipinski definition) is 5. The van der Waals surface area contributed by atoms with Crippen LogP contribution in [0.3, 0.4) is 0 Å². The average molecular weight is 269 g/mol. The molecule has 0 unspecified atom stereocenters. The number of nitriles is 1. The number of H-pyrrole nitrogens is 1. The maximum Gasteiger partial charge on any atom is 0.274 e. The van der Waals surface area contributed by atoms with Gasteiger partial charge in [0.15, 0.2) is 0 Å². The first-order chi connectivity index (χ1) is 9.41. The summed E-state index contributed by atoms with van der Waals surface area (Å²) in [6, 6.07) is 9.03. The number of para-hydroxylation sites is 1. The van der Waals surface area contributed by atoms with Crippen LogP contribution in [0.4, 0.5) is 11.6 Å². The van der Waals surface area contributed by atoms with Crippen molar-refractivity contribution in [3.05, 3.63) is 45.9 Å². The van der Waals surface area contributed by atoms with Gasteiger partial charge in [0.05, 0.1) is 11.3 Å². The third kappa shape index (κ3) is 2.83. The molecule has 0 aliphatic rings. The average Bonchev–Trinajstić information content (AvgIpc) is 2.38. The fraction of sp³-hybridized carbons (Fsp3) is 0.286. The summed E-state index contributed by atoms with van der Waals surface area (Å²) in [5.41, 5.74) is 0.753. The maximum atomic E-state index is 12.0. The number of anilines is 2. The Morgan fingerprint density at radius 2 is 1.95 bits per heavy atom. The molecule has 0 fully saturated rings. The number of aromatic nitrogens is 3. The summed E-state index contributed by atoms with van der Waals surface area (Å²) >= 11 is 0. The Morgan fingerprint density at radius 1 is 1.25 bits per heavy atom. The highest BCUT2D eigenvalue weighted by atomic mass is 16.1. The third-order valence-corrected chi connectivity index (χ3v) is 2.71. The molecule has 0 atom stereocenters. The highest BCUT2D eigenvalue weighted by molar-refractivity contribution is 5.62. The molecule has 6 nitrogen and oxygen atoms in total. The Balaban J connectivity index is 2.35. The van der Waals surface area contributed by atoms with E-state index >= 15 is 0 Å². The third-order valence-electron chi connectivity index (χ3n) is 2.71. The molecule has 0 aliphatic carbocycles. The van der Waals surface area contributed by atoms with E-state index in [1.165, 1.54) is 0 Å². The van der Waals surface area contributed by atoms with Crippen molar-refractivity contribution in [1.29, 1.82) is 5.26 Å². The second kappa shape index (κ2) is 5.13. The lowest BCUT2D eigenvalue weighted by Gasteiger charge is -2.15. The van der Waals surface area contributed by atoms with E-state index in [9.17, 15) is 4.79 Å². The van der Waals surface area contributed by atoms with E-state index in [-0.39, 0.29) is 16.9 Å². The monoisotopic (exact) mass is 269 g/mol. The zero-order valence-electron chi connectivity index (χ0n) is 11.6. The molecular weight excluding hydrogens is 254 g/mol. The summed E-state index contributed by atoms with van der Waals surface area (Å²) in [7, 11) is 0. The van der Waals surface area contributed by atoms with Gasteiger partial charge in [-0.3, -0.25) is 9.78 Å². The molecule has 0 radical (unpaired) electrons. The van der Waals surface area contributed by atoms with Crippen molar-refractivity contribution in [2.75, 3.05) is 5.32 Å². The summed E-state index contributed by atoms with van der Waals surface area (Å²) in [5, 5.41) is 19.8. The van der Waals surface area contributed by atoms with Crippen LogP contribution in [-0.4, -0.2) is 15.2 Å². The predicted molar refractivity (Wildman–Crippen MR) is 75.8 cm³/mol. The van der Waals surface area contributed by atoms with Gasteiger partial charge in [-0.15, -0.1) is 10.2 Å². The van der Waals surface area contributed by atoms with E-state index in [0.29, 0.717) is 16.9 Å². The fourth-order valence-electron chi connectivity index (χ4n) is 1.70. The van der Waals surface area contributed by atoms with E-state index in [0.717, 1.165) is 0 Å². The molecule has 1 aromatic heterocycles. The van der Waals surface area contributed by atoms with E-state index < -0.39 is 0 Å². The smallest absolute Gasteiger partial charge is 0.274 e. The molecule has 0 saturated carbocycles. The van der Waals surface area contributed by atoms with Crippen LogP contribution < -0.4 is 10.9 Å². The Kier molecular flexibility index (Phi) is 3.53. The molecule has 0 bridgehead atoms. The van der Waals surface area contributed by atoms with Crippen LogP contribution in [0.15, 0.2) is 29.1 Å². The Labute approximate surface area is 116 Å². The van der Waals surface area contributed by atoms with Crippen LogP contribution in [0, 0.1) is 11.3 Å². The van der Waals surface area contributed by atoms with Gasteiger partial charge in [0.1, 0.15) is 11.8 Å². The van der Waals surface area contributed by atoms with Crippen LogP contribution in [-0.2, 0) is 5.41 Å². The SMILES string of the molecule is CC(C)(C)c1nnc(Nc2ccccc2C#N)[nH]c1=O. The number of nitrogens with zero attached hydrogens (tertiary/aromatic N) is 3. The molecule has 2 aromatic rings. The largest absolute Gasteiger partial charge is 0.323 e. The molecule has 2 N–H and O–H groups in total. The molecule has 1 aromatic carbocycles. The van der Waals surface area contributed by atoms with Gasteiger partial charge in [-0.2, -0.15) is 5.26 Å². The summed E-state index contributed by atoms with van der Waals surface area (Å²) in [6.07, 6.45) is 0. The molecule has 2 rings (SSSR count). The van der Waals surface area contributed by atoms with Gasteiger partial charge in [0.25, 0.3) is 5.56 Å². The fourth-order valence-corrected chi connectivity index (χ4v) is 1.70. The number of hydrogen-bond donors (Lipinski definition) is 2. The van der Waals surface area contributed by atoms with Crippen molar-refractivity contribution < 1.29 is 0 Å². The van der Waals surface area contributed by atoms with Gasteiger partial charge < -0.3 is 5.32 Å². The summed E-state index contributed by atoms with van der Waals surface area (Å²) in [6.45, 7) is 5.68. The van der Waals surface area contributed by atoms with Crippen LogP contribution in [0.1, 0.15) is 32.0 Å². The van der Waals surface area contributed by atoms with Crippen molar-refractivity contribution in [3.63, 3.8) is 0 Å². The van der Waals surface area contributed by atoms with Gasteiger partial charge in [0, 0.05) is 5.41 Å². The van der Waals surface area contributed by atoms with Crippen molar-refractivity contribution in [2.45, 2.75) is 26.2 Å². The van der Waals surface area contributed by atoms with E-state index in [1.807, 2.05) is 20.8 Å². The molecular formula is C14H15N5O. The second-order valence-corrected chi connectivity index (χ2v) is 5.38. The number of rotatable bonds is 2. The molecule has 102 valence electrons.